The van der Waals surface area contributed by atoms with Crippen LogP contribution in [0.15, 0.2) is 36.8 Å². The lowest BCUT2D eigenvalue weighted by Crippen LogP contribution is -2.35. The predicted molar refractivity (Wildman–Crippen MR) is 70.4 cm³/mol. The summed E-state index contributed by atoms with van der Waals surface area (Å²) in [6, 6.07) is 5.72. The molecule has 0 aliphatic heterocycles. The first kappa shape index (κ1) is 11.5. The first-order valence-electron chi connectivity index (χ1n) is 5.12. The zero-order valence-electron chi connectivity index (χ0n) is 9.45. The molecule has 0 bridgehead atoms. The number of aryl methyl sites for hydroxylation is 1. The van der Waals surface area contributed by atoms with Crippen molar-refractivity contribution in [3.8, 4) is 0 Å². The maximum absolute atomic E-state index is 5.71. The van der Waals surface area contributed by atoms with Crippen molar-refractivity contribution in [2.24, 2.45) is 12.8 Å². The Kier molecular flexibility index (Phi) is 3.34. The van der Waals surface area contributed by atoms with E-state index >= 15 is 0 Å². The van der Waals surface area contributed by atoms with Crippen molar-refractivity contribution in [3.63, 3.8) is 0 Å². The highest BCUT2D eigenvalue weighted by Gasteiger charge is 2.12. The summed E-state index contributed by atoms with van der Waals surface area (Å²) in [5.74, 6) is 0.740. The summed E-state index contributed by atoms with van der Waals surface area (Å²) >= 11 is 5.04. The Morgan fingerprint density at radius 1 is 1.53 bits per heavy atom. The van der Waals surface area contributed by atoms with Crippen molar-refractivity contribution in [1.82, 2.24) is 14.8 Å². The Morgan fingerprint density at radius 3 is 2.88 bits per heavy atom. The molecule has 2 N–H and O–H groups in total. The van der Waals surface area contributed by atoms with Crippen LogP contribution in [0.5, 0.6) is 0 Å². The highest BCUT2D eigenvalue weighted by Crippen LogP contribution is 2.13. The van der Waals surface area contributed by atoms with Gasteiger partial charge in [-0.05, 0) is 23.8 Å². The molecule has 2 rings (SSSR count). The highest BCUT2D eigenvalue weighted by atomic mass is 32.1. The fraction of sp³-hybridized carbons (Fsp3) is 0.182. The second kappa shape index (κ2) is 4.92. The topological polar surface area (TPSA) is 60.0 Å². The van der Waals surface area contributed by atoms with Crippen LogP contribution in [0.25, 0.3) is 0 Å². The molecule has 0 fully saturated rings. The van der Waals surface area contributed by atoms with Crippen molar-refractivity contribution >= 4 is 23.1 Å². The number of hydrogen-bond acceptors (Lipinski definition) is 3. The van der Waals surface area contributed by atoms with E-state index in [1.165, 1.54) is 0 Å². The van der Waals surface area contributed by atoms with Crippen LogP contribution in [-0.2, 0) is 13.6 Å². The third-order valence-electron chi connectivity index (χ3n) is 2.31. The van der Waals surface area contributed by atoms with E-state index in [1.807, 2.05) is 31.4 Å². The fourth-order valence-corrected chi connectivity index (χ4v) is 1.65. The number of hydrogen-bond donors (Lipinski definition) is 1. The van der Waals surface area contributed by atoms with E-state index in [-0.39, 0.29) is 0 Å². The molecule has 5 nitrogen and oxygen atoms in total. The van der Waals surface area contributed by atoms with Gasteiger partial charge in [0.05, 0.1) is 6.54 Å². The average Bonchev–Trinajstić information content (AvgIpc) is 2.73. The summed E-state index contributed by atoms with van der Waals surface area (Å²) in [5, 5.41) is 4.58. The van der Waals surface area contributed by atoms with Gasteiger partial charge in [0, 0.05) is 31.7 Å². The van der Waals surface area contributed by atoms with Gasteiger partial charge in [-0.25, -0.2) is 0 Å². The molecular formula is C11H13N5S. The summed E-state index contributed by atoms with van der Waals surface area (Å²) < 4.78 is 1.71. The lowest BCUT2D eigenvalue weighted by atomic mass is 10.3. The molecule has 0 spiro atoms. The maximum atomic E-state index is 5.71. The van der Waals surface area contributed by atoms with Gasteiger partial charge >= 0.3 is 0 Å². The Bertz CT molecular complexity index is 508. The molecule has 0 saturated carbocycles. The van der Waals surface area contributed by atoms with Crippen molar-refractivity contribution in [3.05, 3.63) is 42.4 Å². The molecule has 0 saturated heterocycles. The van der Waals surface area contributed by atoms with E-state index in [4.69, 9.17) is 18.0 Å². The molecule has 0 amide bonds. The molecule has 0 radical (unpaired) electrons. The predicted octanol–water partition coefficient (Wildman–Crippen LogP) is 1.07. The van der Waals surface area contributed by atoms with Gasteiger partial charge in [-0.15, -0.1) is 0 Å². The minimum Gasteiger partial charge on any atom is -0.376 e. The number of aromatic nitrogens is 3. The monoisotopic (exact) mass is 247 g/mol. The molecule has 0 atom stereocenters. The van der Waals surface area contributed by atoms with Crippen LogP contribution < -0.4 is 10.6 Å². The van der Waals surface area contributed by atoms with E-state index < -0.39 is 0 Å². The maximum Gasteiger partial charge on any atom is 0.172 e. The van der Waals surface area contributed by atoms with Crippen LogP contribution in [0.2, 0.25) is 0 Å². The van der Waals surface area contributed by atoms with Crippen LogP contribution in [0.3, 0.4) is 0 Å². The number of pyridine rings is 1. The molecule has 2 aromatic heterocycles. The molecule has 0 unspecified atom stereocenters. The van der Waals surface area contributed by atoms with Gasteiger partial charge < -0.3 is 5.73 Å². The first-order valence-corrected chi connectivity index (χ1v) is 5.53. The Morgan fingerprint density at radius 2 is 2.35 bits per heavy atom. The largest absolute Gasteiger partial charge is 0.376 e. The van der Waals surface area contributed by atoms with Crippen molar-refractivity contribution in [1.29, 1.82) is 0 Å². The lowest BCUT2D eigenvalue weighted by molar-refractivity contribution is 0.760. The zero-order chi connectivity index (χ0) is 12.3. The first-order chi connectivity index (χ1) is 8.16. The summed E-state index contributed by atoms with van der Waals surface area (Å²) in [5.41, 5.74) is 6.75. The number of nitrogens with zero attached hydrogens (tertiary/aromatic N) is 4. The minimum atomic E-state index is 0.299. The second-order valence-electron chi connectivity index (χ2n) is 3.63. The van der Waals surface area contributed by atoms with Crippen molar-refractivity contribution in [2.45, 2.75) is 6.54 Å². The number of thiocarbonyl (C=S) groups is 1. The number of nitrogens with two attached hydrogens (primary N) is 1. The smallest absolute Gasteiger partial charge is 0.172 e. The number of rotatable bonds is 3. The van der Waals surface area contributed by atoms with Crippen LogP contribution in [0.1, 0.15) is 5.56 Å². The Hall–Kier alpha value is -1.95. The van der Waals surface area contributed by atoms with Gasteiger partial charge in [-0.1, -0.05) is 6.07 Å². The van der Waals surface area contributed by atoms with Gasteiger partial charge in [0.1, 0.15) is 0 Å². The van der Waals surface area contributed by atoms with Gasteiger partial charge in [-0.3, -0.25) is 14.6 Å². The second-order valence-corrected chi connectivity index (χ2v) is 4.05. The van der Waals surface area contributed by atoms with Crippen molar-refractivity contribution < 1.29 is 0 Å². The third-order valence-corrected chi connectivity index (χ3v) is 2.53. The van der Waals surface area contributed by atoms with Crippen LogP contribution >= 0.6 is 12.2 Å². The van der Waals surface area contributed by atoms with E-state index in [2.05, 4.69) is 10.1 Å². The quantitative estimate of drug-likeness (QED) is 0.822. The van der Waals surface area contributed by atoms with Crippen molar-refractivity contribution in [2.75, 3.05) is 4.90 Å². The van der Waals surface area contributed by atoms with Gasteiger partial charge in [0.2, 0.25) is 0 Å². The SMILES string of the molecule is Cn1ccc(N(Cc2cccnc2)C(N)=S)n1. The molecular weight excluding hydrogens is 234 g/mol. The van der Waals surface area contributed by atoms with E-state index in [9.17, 15) is 0 Å². The molecule has 17 heavy (non-hydrogen) atoms. The van der Waals surface area contributed by atoms with Crippen LogP contribution in [0.4, 0.5) is 5.82 Å². The summed E-state index contributed by atoms with van der Waals surface area (Å²) in [6.07, 6.45) is 5.37. The standard InChI is InChI=1S/C11H13N5S/c1-15-6-4-10(14-15)16(11(12)17)8-9-3-2-5-13-7-9/h2-7H,8H2,1H3,(H2,12,17). The summed E-state index contributed by atoms with van der Waals surface area (Å²) in [4.78, 5) is 5.83. The summed E-state index contributed by atoms with van der Waals surface area (Å²) in [7, 11) is 1.85. The molecule has 6 heteroatoms. The zero-order valence-corrected chi connectivity index (χ0v) is 10.3. The fourth-order valence-electron chi connectivity index (χ4n) is 1.49. The van der Waals surface area contributed by atoms with E-state index in [1.54, 1.807) is 22.0 Å². The summed E-state index contributed by atoms with van der Waals surface area (Å²) in [6.45, 7) is 0.570. The molecule has 88 valence electrons. The van der Waals surface area contributed by atoms with Gasteiger partial charge in [0.15, 0.2) is 10.9 Å². The minimum absolute atomic E-state index is 0.299. The molecule has 0 aliphatic carbocycles. The van der Waals surface area contributed by atoms with E-state index in [0.717, 1.165) is 11.4 Å². The molecule has 0 aromatic carbocycles. The molecule has 0 aliphatic rings. The van der Waals surface area contributed by atoms with Gasteiger partial charge in [0.25, 0.3) is 0 Å². The average molecular weight is 247 g/mol. The lowest BCUT2D eigenvalue weighted by Gasteiger charge is -2.19. The highest BCUT2D eigenvalue weighted by molar-refractivity contribution is 7.80. The van der Waals surface area contributed by atoms with E-state index in [0.29, 0.717) is 11.7 Å². The number of anilines is 1. The normalized spacial score (nSPS) is 10.2. The van der Waals surface area contributed by atoms with Crippen LogP contribution in [-0.4, -0.2) is 19.9 Å². The molecule has 2 aromatic rings. The van der Waals surface area contributed by atoms with Crippen LogP contribution in [0, 0.1) is 0 Å². The third kappa shape index (κ3) is 2.79. The van der Waals surface area contributed by atoms with Gasteiger partial charge in [-0.2, -0.15) is 5.10 Å². The Labute approximate surface area is 105 Å². The molecule has 2 heterocycles. The Balaban J connectivity index is 2.22.